The number of halogens is 3. The molecule has 5 aliphatic heterocycles. The van der Waals surface area contributed by atoms with Crippen LogP contribution in [0.1, 0.15) is 162 Å². The predicted octanol–water partition coefficient (Wildman–Crippen LogP) is 5.13. The molecule has 0 bridgehead atoms. The number of carbonyl (C=O) groups excluding carboxylic acids is 6. The maximum Gasteiger partial charge on any atom is 0.407 e. The molecule has 1 unspecified atom stereocenters. The first kappa shape index (κ1) is 87.9. The smallest absolute Gasteiger partial charge is 0.407 e. The molecule has 7 rings (SSSR count). The van der Waals surface area contributed by atoms with E-state index in [1.165, 1.54) is 25.3 Å². The Kier molecular flexibility index (Phi) is 29.7. The number of alkyl carbamates (subject to hydrolysis) is 1. The van der Waals surface area contributed by atoms with Gasteiger partial charge >= 0.3 is 40.1 Å². The van der Waals surface area contributed by atoms with Crippen LogP contribution in [0, 0.1) is 11.8 Å². The Balaban J connectivity index is 1.26. The van der Waals surface area contributed by atoms with Gasteiger partial charge in [-0.1, -0.05) is 76.3 Å². The number of benzene rings is 1. The van der Waals surface area contributed by atoms with Crippen molar-refractivity contribution in [3.63, 3.8) is 0 Å². The number of nitrogens with zero attached hydrogens (tertiary/aromatic N) is 3. The van der Waals surface area contributed by atoms with E-state index >= 15 is 14.4 Å². The average Bonchev–Trinajstić information content (AvgIpc) is 1.59. The fourth-order valence-electron chi connectivity index (χ4n) is 12.7. The Morgan fingerprint density at radius 1 is 0.785 bits per heavy atom. The Bertz CT molecular complexity index is 3690. The first-order chi connectivity index (χ1) is 49.7. The summed E-state index contributed by atoms with van der Waals surface area (Å²) in [7, 11) is -1.91. The van der Waals surface area contributed by atoms with Crippen LogP contribution < -0.4 is 57.3 Å². The van der Waals surface area contributed by atoms with E-state index in [9.17, 15) is 32.4 Å². The van der Waals surface area contributed by atoms with Gasteiger partial charge in [0.15, 0.2) is 24.1 Å². The molecule has 1 aromatic carbocycles. The van der Waals surface area contributed by atoms with Crippen molar-refractivity contribution in [2.75, 3.05) is 47.0 Å². The van der Waals surface area contributed by atoms with Gasteiger partial charge in [-0.3, -0.25) is 33.7 Å². The molecule has 0 spiro atoms. The Morgan fingerprint density at radius 3 is 2.01 bits per heavy atom. The number of guanidine groups is 1. The number of aromatic amines is 1. The molecule has 6 heterocycles. The van der Waals surface area contributed by atoms with Crippen LogP contribution in [-0.2, 0) is 87.6 Å². The monoisotopic (exact) mass is 1600 g/mol. The van der Waals surface area contributed by atoms with Gasteiger partial charge in [-0.05, 0) is 139 Å². The fourth-order valence-corrected chi connectivity index (χ4v) is 13.8. The lowest BCUT2D eigenvalue weighted by Crippen LogP contribution is -2.66. The lowest BCUT2D eigenvalue weighted by molar-refractivity contribution is -0.276. The molecule has 1 aromatic heterocycles. The van der Waals surface area contributed by atoms with Crippen molar-refractivity contribution in [2.24, 2.45) is 16.8 Å². The third-order valence-corrected chi connectivity index (χ3v) is 18.6. The van der Waals surface area contributed by atoms with E-state index in [0.29, 0.717) is 24.2 Å². The first-order valence-electron chi connectivity index (χ1n) is 35.7. The lowest BCUT2D eigenvalue weighted by Gasteiger charge is -2.38. The number of ether oxygens (including phenoxy) is 12. The third kappa shape index (κ3) is 24.8. The van der Waals surface area contributed by atoms with Gasteiger partial charge in [-0.25, -0.2) is 28.1 Å². The number of urea groups is 1. The van der Waals surface area contributed by atoms with E-state index in [-0.39, 0.29) is 63.7 Å². The number of hydrogen-bond acceptors (Lipinski definition) is 26. The molecule has 0 radical (unpaired) electrons. The largest absolute Gasteiger partial charge is 0.497 e. The van der Waals surface area contributed by atoms with Gasteiger partial charge in [-0.15, -0.1) is 0 Å². The number of methoxy groups -OCH3 is 2. The highest BCUT2D eigenvalue weighted by Gasteiger charge is 2.63. The van der Waals surface area contributed by atoms with Gasteiger partial charge < -0.3 is 93.6 Å². The Hall–Kier alpha value is -6.35. The Morgan fingerprint density at radius 2 is 1.42 bits per heavy atom. The summed E-state index contributed by atoms with van der Waals surface area (Å²) in [5.41, 5.74) is -4.08. The molecule has 38 heteroatoms. The number of aromatic nitrogens is 2. The van der Waals surface area contributed by atoms with E-state index < -0.39 is 194 Å². The van der Waals surface area contributed by atoms with Crippen LogP contribution in [0.25, 0.3) is 0 Å². The summed E-state index contributed by atoms with van der Waals surface area (Å²) < 4.78 is 108. The summed E-state index contributed by atoms with van der Waals surface area (Å²) in [6.07, 6.45) is -9.22. The van der Waals surface area contributed by atoms with E-state index in [4.69, 9.17) is 95.8 Å². The van der Waals surface area contributed by atoms with Crippen LogP contribution in [0.5, 0.6) is 11.5 Å². The van der Waals surface area contributed by atoms with Gasteiger partial charge in [-0.2, -0.15) is 8.42 Å². The zero-order valence-corrected chi connectivity index (χ0v) is 67.3. The summed E-state index contributed by atoms with van der Waals surface area (Å²) in [4.78, 5) is 122. The summed E-state index contributed by atoms with van der Waals surface area (Å²) in [5, 5.41) is 17.4. The molecular formula is C69H108Cl3N11O23S. The topological polar surface area (TPSA) is 411 Å². The number of alkyl halides is 3. The number of amides is 5. The number of hydrogen-bond donors (Lipinski definition) is 8. The van der Waals surface area contributed by atoms with Crippen molar-refractivity contribution in [2.45, 2.75) is 274 Å². The first-order valence-corrected chi connectivity index (χ1v) is 38.3. The lowest BCUT2D eigenvalue weighted by atomic mass is 9.96. The number of aliphatic imine (C=N–C) groups is 1. The van der Waals surface area contributed by atoms with Crippen molar-refractivity contribution in [1.29, 1.82) is 0 Å². The van der Waals surface area contributed by atoms with Crippen molar-refractivity contribution in [3.05, 3.63) is 56.9 Å². The highest BCUT2D eigenvalue weighted by atomic mass is 35.6. The zero-order chi connectivity index (χ0) is 79.7. The van der Waals surface area contributed by atoms with Crippen LogP contribution >= 0.6 is 34.8 Å². The number of nitrogens with one attached hydrogen (secondary N) is 8. The molecule has 2 aromatic rings. The molecule has 8 N–H and O–H groups in total. The molecule has 0 aliphatic carbocycles. The maximum atomic E-state index is 16.2. The molecule has 14 atom stereocenters. The summed E-state index contributed by atoms with van der Waals surface area (Å²) >= 11 is 17.4. The second-order valence-corrected chi connectivity index (χ2v) is 34.7. The minimum atomic E-state index is -4.76. The second kappa shape index (κ2) is 36.2. The van der Waals surface area contributed by atoms with Gasteiger partial charge in [0.25, 0.3) is 5.56 Å². The second-order valence-electron chi connectivity index (χ2n) is 30.8. The van der Waals surface area contributed by atoms with Crippen LogP contribution in [0.15, 0.2) is 45.0 Å². The third-order valence-electron chi connectivity index (χ3n) is 17.4. The number of fused-ring (bicyclic) bond motifs is 2. The van der Waals surface area contributed by atoms with Crippen molar-refractivity contribution < 1.29 is 98.2 Å². The minimum Gasteiger partial charge on any atom is -0.497 e. The minimum absolute atomic E-state index is 0.000118. The van der Waals surface area contributed by atoms with Gasteiger partial charge in [0.05, 0.1) is 26.8 Å². The van der Waals surface area contributed by atoms with Gasteiger partial charge in [0.2, 0.25) is 21.6 Å². The van der Waals surface area contributed by atoms with E-state index in [2.05, 4.69) is 46.6 Å². The zero-order valence-electron chi connectivity index (χ0n) is 64.2. The molecule has 5 aliphatic rings. The van der Waals surface area contributed by atoms with Crippen LogP contribution in [-0.4, -0.2) is 223 Å². The highest BCUT2D eigenvalue weighted by molar-refractivity contribution is 7.85. The maximum absolute atomic E-state index is 16.2. The van der Waals surface area contributed by atoms with E-state index in [1.54, 1.807) is 108 Å². The number of carbonyl (C=O) groups is 6. The normalized spacial score (nSPS) is 24.1. The summed E-state index contributed by atoms with van der Waals surface area (Å²) in [5.74, 6) is -6.29. The quantitative estimate of drug-likeness (QED) is 0.0204. The van der Waals surface area contributed by atoms with Crippen molar-refractivity contribution in [3.8, 4) is 11.5 Å². The van der Waals surface area contributed by atoms with Crippen molar-refractivity contribution in [1.82, 2.24) is 51.1 Å². The molecule has 4 fully saturated rings. The highest BCUT2D eigenvalue weighted by Crippen LogP contribution is 2.47. The summed E-state index contributed by atoms with van der Waals surface area (Å²) in [6.45, 7) is 27.5. The van der Waals surface area contributed by atoms with Gasteiger partial charge in [0.1, 0.15) is 102 Å². The van der Waals surface area contributed by atoms with Gasteiger partial charge in [0, 0.05) is 43.5 Å². The molecule has 604 valence electrons. The van der Waals surface area contributed by atoms with Crippen LogP contribution in [0.2, 0.25) is 0 Å². The molecule has 34 nitrogen and oxygen atoms in total. The summed E-state index contributed by atoms with van der Waals surface area (Å²) in [6, 6.07) is -2.14. The fraction of sp³-hybridized carbons (Fsp3) is 0.754. The molecular weight excluding hydrogens is 1490 g/mol. The SMILES string of the molecule is CCC1(CC)O[C@H]2[C@H](O[C@H]([C@H]3O[C@@H](n4ccc(=O)[nH]c4=O)[C@@H]4OC(C)(C)O[C@H]34)[C@H](NCCCNC(=O)C(CC(C)C)N(Cc3ccc(OC)cc3OC)C(=O)[C@@H](NC(=O)N[C@H](C(=O)OC(C)(C)C)C(C)C)[C@@H]3CCN=C(NS(=O)(=O)OCC(Cl)(Cl)Cl)N3)C(=O)OC(C)(C)C)O[C@H](CNC(=O)OC(C)(C)C)[C@H]2O1. The molecule has 5 amide bonds. The van der Waals surface area contributed by atoms with Crippen molar-refractivity contribution >= 4 is 86.9 Å². The molecule has 107 heavy (non-hydrogen) atoms. The van der Waals surface area contributed by atoms with E-state index in [0.717, 1.165) is 10.6 Å². The van der Waals surface area contributed by atoms with Crippen LogP contribution in [0.4, 0.5) is 9.59 Å². The Labute approximate surface area is 639 Å². The average molecular weight is 1600 g/mol. The number of esters is 2. The van der Waals surface area contributed by atoms with Crippen LogP contribution in [0.3, 0.4) is 0 Å². The number of rotatable bonds is 32. The predicted molar refractivity (Wildman–Crippen MR) is 391 cm³/mol. The number of H-pyrrole nitrogens is 1. The molecule has 4 saturated heterocycles. The standard InChI is InChI=1S/C69H108Cl3N11O23S/c1-20-68(21-2)102-48-43(33-76-63(91)106-66(13,14)15)97-59(53(48)103-68)99-49(50-51-52(101-67(16,17)100-51)56(98-50)82-30-26-44(84)78-62(82)90)47(58(88)105-65(10,11)12)73-27-22-28-74-54(85)41(31-36(3)4)83(34-38-23-24-39(94-18)32-42(38)95-19)55(86)46(80-61(89)79-45(37(5)6)57(87)104-64(7,8)9)40-25-29-75-60(77-40)81-107(92,93)96-35-69(70,71)72/h23-24,26,30,32,36-37,40-41,43,45-53,56,59,73H,20-22,25,27-29,31,33-35H2,1-19H3,(H,74,85)(H,76,91)(H2,75,77,81)(H,78,84,90)(H2,79,80,89)/t40-,41?,43+,45-,46-,47-,48+,49-,50+,51+,52+,53+,56+,59-/m0/s1. The van der Waals surface area contributed by atoms with E-state index in [1.807, 2.05) is 27.7 Å². The molecule has 0 saturated carbocycles.